The topological polar surface area (TPSA) is 71.0 Å². The van der Waals surface area contributed by atoms with Gasteiger partial charge in [-0.2, -0.15) is 0 Å². The fourth-order valence-corrected chi connectivity index (χ4v) is 7.03. The predicted molar refractivity (Wildman–Crippen MR) is 206 cm³/mol. The molecule has 0 saturated carbocycles. The number of aliphatic hydroxyl groups is 1. The van der Waals surface area contributed by atoms with Crippen LogP contribution in [0.2, 0.25) is 0 Å². The Morgan fingerprint density at radius 1 is 0.720 bits per heavy atom. The van der Waals surface area contributed by atoms with Gasteiger partial charge in [-0.05, 0) is 59.8 Å². The van der Waals surface area contributed by atoms with Gasteiger partial charge in [0.05, 0.1) is 18.8 Å². The van der Waals surface area contributed by atoms with Gasteiger partial charge >= 0.3 is 0 Å². The highest BCUT2D eigenvalue weighted by Gasteiger charge is 2.39. The molecule has 1 aliphatic rings. The van der Waals surface area contributed by atoms with Crippen LogP contribution in [0.25, 0.3) is 11.1 Å². The zero-order valence-electron chi connectivity index (χ0n) is 31.4. The molecule has 1 saturated heterocycles. The van der Waals surface area contributed by atoms with Gasteiger partial charge in [-0.15, -0.1) is 0 Å². The third-order valence-electron chi connectivity index (χ3n) is 10.2. The number of nitrogens with zero attached hydrogens (tertiary/aromatic N) is 1. The van der Waals surface area contributed by atoms with Crippen molar-refractivity contribution in [1.82, 2.24) is 10.2 Å². The quantitative estimate of drug-likeness (QED) is 0.103. The molecular weight excluding hydrogens is 620 g/mol. The zero-order chi connectivity index (χ0) is 35.6. The second kappa shape index (κ2) is 22.0. The van der Waals surface area contributed by atoms with E-state index >= 15 is 0 Å². The van der Waals surface area contributed by atoms with E-state index in [2.05, 4.69) is 79.5 Å². The van der Waals surface area contributed by atoms with E-state index < -0.39 is 6.29 Å². The molecule has 1 amide bonds. The molecule has 4 rings (SSSR count). The summed E-state index contributed by atoms with van der Waals surface area (Å²) in [5, 5.41) is 12.6. The van der Waals surface area contributed by atoms with Crippen molar-refractivity contribution in [2.24, 2.45) is 5.92 Å². The molecule has 0 bridgehead atoms. The standard InChI is InChI=1S/C44H64N2O4/c1-5-7-9-11-13-15-28-46(29-16-14-12-10-8-6-2)32-42-34(3)43(39-22-20-36(33-47)21-23-39)50-44(49-42)40-26-24-38(25-27-40)41-19-17-18-37(30-41)31-45-35(4)48/h17-27,30,34,42-44,47H,5-16,28-29,31-33H2,1-4H3,(H,45,48)/t34-,42+,43+,44+/m1/s1. The Hall–Kier alpha value is -3.03. The van der Waals surface area contributed by atoms with Gasteiger partial charge in [-0.3, -0.25) is 4.79 Å². The van der Waals surface area contributed by atoms with Gasteiger partial charge in [0.2, 0.25) is 5.91 Å². The lowest BCUT2D eigenvalue weighted by atomic mass is 9.89. The van der Waals surface area contributed by atoms with E-state index in [1.807, 2.05) is 24.3 Å². The van der Waals surface area contributed by atoms with Crippen LogP contribution in [0.1, 0.15) is 139 Å². The molecule has 3 aromatic rings. The van der Waals surface area contributed by atoms with Gasteiger partial charge in [-0.1, -0.05) is 152 Å². The Morgan fingerprint density at radius 3 is 1.92 bits per heavy atom. The van der Waals surface area contributed by atoms with E-state index in [1.165, 1.54) is 77.0 Å². The number of carbonyl (C=O) groups excluding carboxylic acids is 1. The van der Waals surface area contributed by atoms with Crippen LogP contribution in [-0.2, 0) is 27.4 Å². The number of rotatable bonds is 22. The molecule has 0 aliphatic carbocycles. The van der Waals surface area contributed by atoms with Gasteiger partial charge in [0.15, 0.2) is 6.29 Å². The Bertz CT molecular complexity index is 1360. The number of hydrogen-bond donors (Lipinski definition) is 2. The molecule has 6 nitrogen and oxygen atoms in total. The number of carbonyl (C=O) groups is 1. The monoisotopic (exact) mass is 684 g/mol. The van der Waals surface area contributed by atoms with Crippen LogP contribution in [0, 0.1) is 5.92 Å². The Balaban J connectivity index is 1.51. The predicted octanol–water partition coefficient (Wildman–Crippen LogP) is 10.3. The first kappa shape index (κ1) is 39.8. The van der Waals surface area contributed by atoms with Crippen LogP contribution in [0.15, 0.2) is 72.8 Å². The second-order valence-electron chi connectivity index (χ2n) is 14.4. The number of benzene rings is 3. The largest absolute Gasteiger partial charge is 0.392 e. The van der Waals surface area contributed by atoms with E-state index in [0.29, 0.717) is 6.54 Å². The molecular formula is C44H64N2O4. The van der Waals surface area contributed by atoms with Crippen LogP contribution in [0.5, 0.6) is 0 Å². The fourth-order valence-electron chi connectivity index (χ4n) is 7.03. The molecule has 50 heavy (non-hydrogen) atoms. The van der Waals surface area contributed by atoms with E-state index in [9.17, 15) is 9.90 Å². The number of ether oxygens (including phenoxy) is 2. The lowest BCUT2D eigenvalue weighted by Crippen LogP contribution is -2.45. The lowest BCUT2D eigenvalue weighted by molar-refractivity contribution is -0.276. The van der Waals surface area contributed by atoms with Crippen molar-refractivity contribution in [2.75, 3.05) is 19.6 Å². The summed E-state index contributed by atoms with van der Waals surface area (Å²) in [6.45, 7) is 12.1. The summed E-state index contributed by atoms with van der Waals surface area (Å²) in [7, 11) is 0. The summed E-state index contributed by atoms with van der Waals surface area (Å²) in [6, 6.07) is 25.1. The number of amides is 1. The molecule has 0 spiro atoms. The summed E-state index contributed by atoms with van der Waals surface area (Å²) in [6.07, 6.45) is 15.0. The molecule has 274 valence electrons. The maximum Gasteiger partial charge on any atom is 0.217 e. The SMILES string of the molecule is CCCCCCCCN(CCCCCCCC)C[C@@H]1O[C@H](c2ccc(-c3cccc(CNC(C)=O)c3)cc2)O[C@H](c2ccc(CO)cc2)[C@@H]1C. The first-order chi connectivity index (χ1) is 24.4. The molecule has 2 N–H and O–H groups in total. The van der Waals surface area contributed by atoms with Crippen molar-refractivity contribution in [3.63, 3.8) is 0 Å². The number of unbranched alkanes of at least 4 members (excludes halogenated alkanes) is 10. The summed E-state index contributed by atoms with van der Waals surface area (Å²) in [5.74, 6) is 0.129. The third kappa shape index (κ3) is 12.9. The van der Waals surface area contributed by atoms with E-state index in [-0.39, 0.29) is 30.6 Å². The first-order valence-corrected chi connectivity index (χ1v) is 19.6. The Morgan fingerprint density at radius 2 is 1.32 bits per heavy atom. The molecule has 4 atom stereocenters. The summed E-state index contributed by atoms with van der Waals surface area (Å²) < 4.78 is 13.7. The first-order valence-electron chi connectivity index (χ1n) is 19.6. The van der Waals surface area contributed by atoms with Crippen molar-refractivity contribution < 1.29 is 19.4 Å². The highest BCUT2D eigenvalue weighted by Crippen LogP contribution is 2.42. The van der Waals surface area contributed by atoms with Crippen LogP contribution >= 0.6 is 0 Å². The molecule has 1 heterocycles. The van der Waals surface area contributed by atoms with Crippen LogP contribution in [0.4, 0.5) is 0 Å². The summed E-state index contributed by atoms with van der Waals surface area (Å²) >= 11 is 0. The second-order valence-corrected chi connectivity index (χ2v) is 14.4. The summed E-state index contributed by atoms with van der Waals surface area (Å²) in [4.78, 5) is 14.1. The molecule has 3 aromatic carbocycles. The molecule has 1 aliphatic heterocycles. The van der Waals surface area contributed by atoms with Crippen LogP contribution in [-0.4, -0.2) is 41.7 Å². The third-order valence-corrected chi connectivity index (χ3v) is 10.2. The maximum absolute atomic E-state index is 11.4. The fraction of sp³-hybridized carbons (Fsp3) is 0.568. The zero-order valence-corrected chi connectivity index (χ0v) is 31.4. The van der Waals surface area contributed by atoms with Gasteiger partial charge in [0, 0.05) is 31.5 Å². The summed E-state index contributed by atoms with van der Waals surface area (Å²) in [5.41, 5.74) is 6.33. The number of hydrogen-bond acceptors (Lipinski definition) is 5. The average Bonchev–Trinajstić information content (AvgIpc) is 3.14. The normalized spacial score (nSPS) is 19.2. The van der Waals surface area contributed by atoms with E-state index in [4.69, 9.17) is 9.47 Å². The average molecular weight is 685 g/mol. The van der Waals surface area contributed by atoms with Crippen molar-refractivity contribution >= 4 is 5.91 Å². The van der Waals surface area contributed by atoms with Crippen molar-refractivity contribution in [2.45, 2.75) is 136 Å². The molecule has 0 unspecified atom stereocenters. The van der Waals surface area contributed by atoms with Crippen molar-refractivity contribution in [1.29, 1.82) is 0 Å². The minimum absolute atomic E-state index is 0.0154. The smallest absolute Gasteiger partial charge is 0.217 e. The minimum atomic E-state index is -0.483. The van der Waals surface area contributed by atoms with Crippen molar-refractivity contribution in [3.8, 4) is 11.1 Å². The molecule has 1 fully saturated rings. The minimum Gasteiger partial charge on any atom is -0.392 e. The van der Waals surface area contributed by atoms with Gasteiger partial charge in [0.25, 0.3) is 0 Å². The highest BCUT2D eigenvalue weighted by atomic mass is 16.7. The van der Waals surface area contributed by atoms with E-state index in [1.54, 1.807) is 6.92 Å². The van der Waals surface area contributed by atoms with E-state index in [0.717, 1.165) is 53.0 Å². The molecule has 6 heteroatoms. The van der Waals surface area contributed by atoms with Crippen molar-refractivity contribution in [3.05, 3.63) is 95.1 Å². The Kier molecular flexibility index (Phi) is 17.5. The van der Waals surface area contributed by atoms with Crippen LogP contribution < -0.4 is 5.32 Å². The number of nitrogens with one attached hydrogen (secondary N) is 1. The van der Waals surface area contributed by atoms with Crippen LogP contribution in [0.3, 0.4) is 0 Å². The highest BCUT2D eigenvalue weighted by molar-refractivity contribution is 5.73. The molecule has 0 aromatic heterocycles. The Labute approximate surface area is 303 Å². The van der Waals surface area contributed by atoms with Gasteiger partial charge < -0.3 is 24.8 Å². The van der Waals surface area contributed by atoms with Gasteiger partial charge in [-0.25, -0.2) is 0 Å². The van der Waals surface area contributed by atoms with Gasteiger partial charge in [0.1, 0.15) is 0 Å². The molecule has 0 radical (unpaired) electrons. The lowest BCUT2D eigenvalue weighted by Gasteiger charge is -2.43. The maximum atomic E-state index is 11.4. The number of aliphatic hydroxyl groups excluding tert-OH is 1.